The van der Waals surface area contributed by atoms with Gasteiger partial charge in [-0.3, -0.25) is 4.68 Å². The van der Waals surface area contributed by atoms with Gasteiger partial charge in [0.2, 0.25) is 0 Å². The van der Waals surface area contributed by atoms with Crippen LogP contribution in [-0.2, 0) is 19.9 Å². The maximum absolute atomic E-state index is 4.46. The number of halogens is 1. The van der Waals surface area contributed by atoms with E-state index in [9.17, 15) is 0 Å². The van der Waals surface area contributed by atoms with Crippen LogP contribution >= 0.6 is 27.3 Å². The van der Waals surface area contributed by atoms with Crippen molar-refractivity contribution in [2.45, 2.75) is 38.6 Å². The van der Waals surface area contributed by atoms with Crippen molar-refractivity contribution in [1.29, 1.82) is 0 Å². The van der Waals surface area contributed by atoms with Crippen LogP contribution in [0.15, 0.2) is 22.0 Å². The van der Waals surface area contributed by atoms with Gasteiger partial charge in [0.1, 0.15) is 0 Å². The molecule has 0 spiro atoms. The lowest BCUT2D eigenvalue weighted by Gasteiger charge is -2.16. The van der Waals surface area contributed by atoms with E-state index in [2.05, 4.69) is 43.9 Å². The predicted molar refractivity (Wildman–Crippen MR) is 89.5 cm³/mol. The van der Waals surface area contributed by atoms with Gasteiger partial charge in [-0.2, -0.15) is 5.10 Å². The Labute approximate surface area is 133 Å². The molecule has 1 atom stereocenters. The first-order valence-electron chi connectivity index (χ1n) is 6.99. The maximum atomic E-state index is 4.46. The van der Waals surface area contributed by atoms with E-state index in [-0.39, 0.29) is 0 Å². The van der Waals surface area contributed by atoms with Gasteiger partial charge in [0.15, 0.2) is 0 Å². The fourth-order valence-electron chi connectivity index (χ4n) is 2.46. The molecule has 0 aliphatic rings. The smallest absolute Gasteiger partial charge is 0.0738 e. The average Bonchev–Trinajstić information content (AvgIpc) is 3.01. The number of likely N-dealkylation sites (N-methyl/N-ethyl adjacent to an activating group) is 1. The second-order valence-electron chi connectivity index (χ2n) is 5.13. The van der Waals surface area contributed by atoms with Crippen molar-refractivity contribution in [1.82, 2.24) is 15.1 Å². The highest BCUT2D eigenvalue weighted by atomic mass is 79.9. The summed E-state index contributed by atoms with van der Waals surface area (Å²) >= 11 is 5.50. The molecule has 0 bridgehead atoms. The van der Waals surface area contributed by atoms with Gasteiger partial charge in [0.25, 0.3) is 0 Å². The van der Waals surface area contributed by atoms with E-state index in [0.29, 0.717) is 6.04 Å². The standard InChI is InChI=1S/C15H22BrN3S/c1-11-15(16)14(19(3)18-11)10-12(17-2)6-4-7-13-8-5-9-20-13/h5,8-9,12,17H,4,6-7,10H2,1-3H3. The quantitative estimate of drug-likeness (QED) is 0.820. The molecular formula is C15H22BrN3S. The number of hydrogen-bond acceptors (Lipinski definition) is 3. The van der Waals surface area contributed by atoms with Gasteiger partial charge < -0.3 is 5.32 Å². The molecule has 0 saturated heterocycles. The normalized spacial score (nSPS) is 12.8. The van der Waals surface area contributed by atoms with E-state index < -0.39 is 0 Å². The Balaban J connectivity index is 1.88. The lowest BCUT2D eigenvalue weighted by molar-refractivity contribution is 0.487. The van der Waals surface area contributed by atoms with Crippen molar-refractivity contribution in [3.63, 3.8) is 0 Å². The number of aryl methyl sites for hydroxylation is 3. The molecule has 2 aromatic heterocycles. The molecule has 0 aromatic carbocycles. The number of nitrogens with zero attached hydrogens (tertiary/aromatic N) is 2. The minimum Gasteiger partial charge on any atom is -0.317 e. The molecule has 110 valence electrons. The van der Waals surface area contributed by atoms with Crippen LogP contribution in [0.1, 0.15) is 29.1 Å². The van der Waals surface area contributed by atoms with Crippen LogP contribution in [0.25, 0.3) is 0 Å². The molecule has 0 aliphatic carbocycles. The first-order valence-corrected chi connectivity index (χ1v) is 8.66. The zero-order chi connectivity index (χ0) is 14.5. The highest BCUT2D eigenvalue weighted by molar-refractivity contribution is 9.10. The first-order chi connectivity index (χ1) is 9.61. The summed E-state index contributed by atoms with van der Waals surface area (Å²) < 4.78 is 3.14. The summed E-state index contributed by atoms with van der Waals surface area (Å²) in [5, 5.41) is 10.1. The average molecular weight is 356 g/mol. The summed E-state index contributed by atoms with van der Waals surface area (Å²) in [4.78, 5) is 1.48. The van der Waals surface area contributed by atoms with Crippen LogP contribution < -0.4 is 5.32 Å². The number of thiophene rings is 1. The molecule has 0 amide bonds. The van der Waals surface area contributed by atoms with E-state index in [1.807, 2.05) is 37.0 Å². The molecule has 0 fully saturated rings. The number of aromatic nitrogens is 2. The van der Waals surface area contributed by atoms with Gasteiger partial charge in [0, 0.05) is 24.4 Å². The Morgan fingerprint density at radius 3 is 2.85 bits per heavy atom. The topological polar surface area (TPSA) is 29.9 Å². The van der Waals surface area contributed by atoms with Crippen LogP contribution in [-0.4, -0.2) is 22.9 Å². The van der Waals surface area contributed by atoms with E-state index >= 15 is 0 Å². The summed E-state index contributed by atoms with van der Waals surface area (Å²) in [6.07, 6.45) is 4.60. The summed E-state index contributed by atoms with van der Waals surface area (Å²) in [5.41, 5.74) is 2.34. The lowest BCUT2D eigenvalue weighted by atomic mass is 10.0. The molecule has 2 heterocycles. The van der Waals surface area contributed by atoms with Crippen molar-refractivity contribution in [3.05, 3.63) is 38.3 Å². The fraction of sp³-hybridized carbons (Fsp3) is 0.533. The van der Waals surface area contributed by atoms with Crippen LogP contribution in [0.3, 0.4) is 0 Å². The van der Waals surface area contributed by atoms with Crippen LogP contribution in [0.4, 0.5) is 0 Å². The third-order valence-electron chi connectivity index (χ3n) is 3.67. The Hall–Kier alpha value is -0.650. The Kier molecular flexibility index (Phi) is 5.81. The van der Waals surface area contributed by atoms with Gasteiger partial charge in [0.05, 0.1) is 15.9 Å². The molecule has 0 aliphatic heterocycles. The van der Waals surface area contributed by atoms with Gasteiger partial charge >= 0.3 is 0 Å². The number of rotatable bonds is 7. The first kappa shape index (κ1) is 15.7. The highest BCUT2D eigenvalue weighted by Gasteiger charge is 2.15. The molecule has 1 unspecified atom stereocenters. The zero-order valence-corrected chi connectivity index (χ0v) is 14.7. The van der Waals surface area contributed by atoms with Crippen molar-refractivity contribution in [2.75, 3.05) is 7.05 Å². The van der Waals surface area contributed by atoms with Crippen molar-refractivity contribution in [3.8, 4) is 0 Å². The maximum Gasteiger partial charge on any atom is 0.0738 e. The van der Waals surface area contributed by atoms with Gasteiger partial charge in [-0.1, -0.05) is 6.07 Å². The van der Waals surface area contributed by atoms with Crippen molar-refractivity contribution < 1.29 is 0 Å². The molecule has 0 saturated carbocycles. The van der Waals surface area contributed by atoms with E-state index in [1.165, 1.54) is 29.8 Å². The molecule has 2 rings (SSSR count). The van der Waals surface area contributed by atoms with Gasteiger partial charge in [-0.25, -0.2) is 0 Å². The molecule has 20 heavy (non-hydrogen) atoms. The van der Waals surface area contributed by atoms with Crippen molar-refractivity contribution in [2.24, 2.45) is 7.05 Å². The van der Waals surface area contributed by atoms with Crippen LogP contribution in [0.2, 0.25) is 0 Å². The summed E-state index contributed by atoms with van der Waals surface area (Å²) in [5.74, 6) is 0. The zero-order valence-electron chi connectivity index (χ0n) is 12.3. The van der Waals surface area contributed by atoms with Crippen LogP contribution in [0, 0.1) is 6.92 Å². The summed E-state index contributed by atoms with van der Waals surface area (Å²) in [6.45, 7) is 2.04. The molecule has 0 radical (unpaired) electrons. The summed E-state index contributed by atoms with van der Waals surface area (Å²) in [7, 11) is 4.07. The van der Waals surface area contributed by atoms with Gasteiger partial charge in [-0.15, -0.1) is 11.3 Å². The molecule has 5 heteroatoms. The van der Waals surface area contributed by atoms with E-state index in [1.54, 1.807) is 0 Å². The highest BCUT2D eigenvalue weighted by Crippen LogP contribution is 2.22. The Morgan fingerprint density at radius 1 is 1.50 bits per heavy atom. The third kappa shape index (κ3) is 3.93. The van der Waals surface area contributed by atoms with Crippen LogP contribution in [0.5, 0.6) is 0 Å². The Bertz CT molecular complexity index is 534. The minimum atomic E-state index is 0.501. The van der Waals surface area contributed by atoms with Crippen molar-refractivity contribution >= 4 is 27.3 Å². The van der Waals surface area contributed by atoms with E-state index in [4.69, 9.17) is 0 Å². The largest absolute Gasteiger partial charge is 0.317 e. The molecule has 3 nitrogen and oxygen atoms in total. The number of hydrogen-bond donors (Lipinski definition) is 1. The Morgan fingerprint density at radius 2 is 2.30 bits per heavy atom. The minimum absolute atomic E-state index is 0.501. The fourth-order valence-corrected chi connectivity index (χ4v) is 3.71. The number of nitrogens with one attached hydrogen (secondary N) is 1. The summed E-state index contributed by atoms with van der Waals surface area (Å²) in [6, 6.07) is 4.85. The van der Waals surface area contributed by atoms with Gasteiger partial charge in [-0.05, 0) is 60.6 Å². The second kappa shape index (κ2) is 7.38. The second-order valence-corrected chi connectivity index (χ2v) is 6.96. The van der Waals surface area contributed by atoms with E-state index in [0.717, 1.165) is 16.6 Å². The molecule has 1 N–H and O–H groups in total. The monoisotopic (exact) mass is 355 g/mol. The SMILES string of the molecule is CNC(CCCc1cccs1)Cc1c(Br)c(C)nn1C. The molecular weight excluding hydrogens is 334 g/mol. The predicted octanol–water partition coefficient (Wildman–Crippen LogP) is 3.71. The molecule has 2 aromatic rings. The lowest BCUT2D eigenvalue weighted by Crippen LogP contribution is -2.28. The third-order valence-corrected chi connectivity index (χ3v) is 5.63.